The van der Waals surface area contributed by atoms with Crippen molar-refractivity contribution in [3.05, 3.63) is 46.3 Å². The Morgan fingerprint density at radius 2 is 2.13 bits per heavy atom. The van der Waals surface area contributed by atoms with Gasteiger partial charge in [0.25, 0.3) is 5.69 Å². The van der Waals surface area contributed by atoms with Crippen molar-refractivity contribution in [2.45, 2.75) is 0 Å². The molecule has 0 fully saturated rings. The van der Waals surface area contributed by atoms with Crippen LogP contribution >= 0.6 is 0 Å². The van der Waals surface area contributed by atoms with Crippen LogP contribution in [-0.2, 0) is 0 Å². The molecule has 0 radical (unpaired) electrons. The molecular weight excluding hydrogens is 196 g/mol. The summed E-state index contributed by atoms with van der Waals surface area (Å²) in [4.78, 5) is 24.8. The van der Waals surface area contributed by atoms with Gasteiger partial charge in [-0.1, -0.05) is 6.07 Å². The third kappa shape index (κ3) is 1.43. The average molecular weight is 202 g/mol. The number of nitrogens with zero attached hydrogens (tertiary/aromatic N) is 2. The first-order valence-corrected chi connectivity index (χ1v) is 4.20. The lowest BCUT2D eigenvalue weighted by atomic mass is 10.1. The molecule has 0 saturated heterocycles. The largest absolute Gasteiger partial charge is 0.298 e. The van der Waals surface area contributed by atoms with Crippen LogP contribution in [0.1, 0.15) is 10.4 Å². The highest BCUT2D eigenvalue weighted by molar-refractivity contribution is 5.98. The number of carbonyl (C=O) groups is 1. The van der Waals surface area contributed by atoms with E-state index in [2.05, 4.69) is 4.98 Å². The van der Waals surface area contributed by atoms with Gasteiger partial charge in [-0.3, -0.25) is 19.9 Å². The normalized spacial score (nSPS) is 10.1. The Morgan fingerprint density at radius 3 is 2.80 bits per heavy atom. The Labute approximate surface area is 84.5 Å². The van der Waals surface area contributed by atoms with E-state index < -0.39 is 4.92 Å². The van der Waals surface area contributed by atoms with Gasteiger partial charge in [-0.15, -0.1) is 0 Å². The quantitative estimate of drug-likeness (QED) is 0.424. The van der Waals surface area contributed by atoms with Gasteiger partial charge in [0.05, 0.1) is 15.9 Å². The first kappa shape index (κ1) is 9.26. The number of benzene rings is 1. The highest BCUT2D eigenvalue weighted by atomic mass is 16.6. The first-order chi connectivity index (χ1) is 7.24. The molecule has 0 atom stereocenters. The summed E-state index contributed by atoms with van der Waals surface area (Å²) in [6.07, 6.45) is 3.47. The summed E-state index contributed by atoms with van der Waals surface area (Å²) in [6.45, 7) is 0. The lowest BCUT2D eigenvalue weighted by Gasteiger charge is -2.00. The Balaban J connectivity index is 2.90. The monoisotopic (exact) mass is 202 g/mol. The second-order valence-corrected chi connectivity index (χ2v) is 2.98. The SMILES string of the molecule is O=Cc1ccc2cnccc2c1[N+](=O)[O-]. The molecule has 0 bridgehead atoms. The molecule has 0 amide bonds. The average Bonchev–Trinajstić information content (AvgIpc) is 2.27. The molecule has 0 unspecified atom stereocenters. The second-order valence-electron chi connectivity index (χ2n) is 2.98. The fraction of sp³-hybridized carbons (Fsp3) is 0. The van der Waals surface area contributed by atoms with E-state index in [1.165, 1.54) is 24.5 Å². The predicted molar refractivity (Wildman–Crippen MR) is 53.8 cm³/mol. The minimum absolute atomic E-state index is 0.0821. The van der Waals surface area contributed by atoms with Crippen LogP contribution in [-0.4, -0.2) is 16.2 Å². The fourth-order valence-corrected chi connectivity index (χ4v) is 1.47. The third-order valence-electron chi connectivity index (χ3n) is 2.13. The van der Waals surface area contributed by atoms with Gasteiger partial charge in [0.15, 0.2) is 6.29 Å². The molecule has 0 aliphatic heterocycles. The molecule has 0 aliphatic carbocycles. The van der Waals surface area contributed by atoms with E-state index in [1.807, 2.05) is 0 Å². The summed E-state index contributed by atoms with van der Waals surface area (Å²) in [6, 6.07) is 4.59. The third-order valence-corrected chi connectivity index (χ3v) is 2.13. The lowest BCUT2D eigenvalue weighted by molar-refractivity contribution is -0.383. The summed E-state index contributed by atoms with van der Waals surface area (Å²) in [5.74, 6) is 0. The molecular formula is C10H6N2O3. The maximum atomic E-state index is 10.8. The Hall–Kier alpha value is -2.30. The van der Waals surface area contributed by atoms with E-state index in [1.54, 1.807) is 6.07 Å². The van der Waals surface area contributed by atoms with Crippen LogP contribution < -0.4 is 0 Å². The molecule has 2 aromatic rings. The van der Waals surface area contributed by atoms with E-state index in [9.17, 15) is 14.9 Å². The molecule has 0 N–H and O–H groups in total. The van der Waals surface area contributed by atoms with E-state index in [4.69, 9.17) is 0 Å². The number of fused-ring (bicyclic) bond motifs is 1. The van der Waals surface area contributed by atoms with Crippen molar-refractivity contribution >= 4 is 22.7 Å². The molecule has 0 spiro atoms. The van der Waals surface area contributed by atoms with Crippen LogP contribution in [0.2, 0.25) is 0 Å². The van der Waals surface area contributed by atoms with Gasteiger partial charge in [0, 0.05) is 17.8 Å². The van der Waals surface area contributed by atoms with Gasteiger partial charge < -0.3 is 0 Å². The number of hydrogen-bond acceptors (Lipinski definition) is 4. The van der Waals surface area contributed by atoms with Gasteiger partial charge in [-0.2, -0.15) is 0 Å². The number of aldehydes is 1. The van der Waals surface area contributed by atoms with E-state index in [0.717, 1.165) is 0 Å². The number of rotatable bonds is 2. The van der Waals surface area contributed by atoms with E-state index >= 15 is 0 Å². The highest BCUT2D eigenvalue weighted by Crippen LogP contribution is 2.27. The van der Waals surface area contributed by atoms with E-state index in [-0.39, 0.29) is 11.3 Å². The number of nitro groups is 1. The number of aromatic nitrogens is 1. The molecule has 1 aromatic heterocycles. The lowest BCUT2D eigenvalue weighted by Crippen LogP contribution is -1.95. The number of nitro benzene ring substituents is 1. The van der Waals surface area contributed by atoms with Crippen molar-refractivity contribution in [2.75, 3.05) is 0 Å². The van der Waals surface area contributed by atoms with Crippen LogP contribution in [0.4, 0.5) is 5.69 Å². The summed E-state index contributed by atoms with van der Waals surface area (Å²) < 4.78 is 0. The molecule has 5 nitrogen and oxygen atoms in total. The minimum Gasteiger partial charge on any atom is -0.298 e. The summed E-state index contributed by atoms with van der Waals surface area (Å²) in [5, 5.41) is 11.9. The summed E-state index contributed by atoms with van der Waals surface area (Å²) in [7, 11) is 0. The summed E-state index contributed by atoms with van der Waals surface area (Å²) in [5.41, 5.74) is -0.0800. The molecule has 74 valence electrons. The smallest absolute Gasteiger partial charge is 0.287 e. The van der Waals surface area contributed by atoms with Gasteiger partial charge in [-0.25, -0.2) is 0 Å². The van der Waals surface area contributed by atoms with Crippen molar-refractivity contribution in [3.63, 3.8) is 0 Å². The van der Waals surface area contributed by atoms with Crippen molar-refractivity contribution in [3.8, 4) is 0 Å². The maximum absolute atomic E-state index is 10.8. The van der Waals surface area contributed by atoms with Gasteiger partial charge in [0.1, 0.15) is 0 Å². The number of carbonyl (C=O) groups excluding carboxylic acids is 1. The number of pyridine rings is 1. The highest BCUT2D eigenvalue weighted by Gasteiger charge is 2.17. The van der Waals surface area contributed by atoms with Crippen LogP contribution in [0.15, 0.2) is 30.6 Å². The van der Waals surface area contributed by atoms with Gasteiger partial charge >= 0.3 is 0 Å². The van der Waals surface area contributed by atoms with Crippen molar-refractivity contribution in [1.82, 2.24) is 4.98 Å². The number of hydrogen-bond donors (Lipinski definition) is 0. The van der Waals surface area contributed by atoms with Gasteiger partial charge in [-0.05, 0) is 12.1 Å². The fourth-order valence-electron chi connectivity index (χ4n) is 1.47. The molecule has 1 aromatic carbocycles. The Morgan fingerprint density at radius 1 is 1.33 bits per heavy atom. The minimum atomic E-state index is -0.550. The van der Waals surface area contributed by atoms with E-state index in [0.29, 0.717) is 17.1 Å². The zero-order valence-electron chi connectivity index (χ0n) is 7.58. The van der Waals surface area contributed by atoms with Crippen molar-refractivity contribution in [2.24, 2.45) is 0 Å². The van der Waals surface area contributed by atoms with Crippen LogP contribution in [0.5, 0.6) is 0 Å². The van der Waals surface area contributed by atoms with Crippen LogP contribution in [0.25, 0.3) is 10.8 Å². The van der Waals surface area contributed by atoms with Gasteiger partial charge in [0.2, 0.25) is 0 Å². The van der Waals surface area contributed by atoms with Crippen molar-refractivity contribution in [1.29, 1.82) is 0 Å². The molecule has 1 heterocycles. The van der Waals surface area contributed by atoms with Crippen molar-refractivity contribution < 1.29 is 9.72 Å². The standard InChI is InChI=1S/C10H6N2O3/c13-6-8-2-1-7-5-11-4-3-9(7)10(8)12(14)15/h1-6H. The Bertz CT molecular complexity index is 551. The second kappa shape index (κ2) is 3.45. The summed E-state index contributed by atoms with van der Waals surface area (Å²) >= 11 is 0. The van der Waals surface area contributed by atoms with Crippen LogP contribution in [0.3, 0.4) is 0 Å². The predicted octanol–water partition coefficient (Wildman–Crippen LogP) is 1.96. The molecule has 2 rings (SSSR count). The maximum Gasteiger partial charge on any atom is 0.287 e. The molecule has 0 saturated carbocycles. The zero-order valence-corrected chi connectivity index (χ0v) is 7.58. The topological polar surface area (TPSA) is 73.1 Å². The molecule has 5 heteroatoms. The Kier molecular flexibility index (Phi) is 2.13. The molecule has 0 aliphatic rings. The first-order valence-electron chi connectivity index (χ1n) is 4.20. The molecule has 15 heavy (non-hydrogen) atoms. The van der Waals surface area contributed by atoms with Crippen LogP contribution in [0, 0.1) is 10.1 Å². The zero-order chi connectivity index (χ0) is 10.8.